The molecule has 2 aromatic heterocycles. The predicted molar refractivity (Wildman–Crippen MR) is 137 cm³/mol. The van der Waals surface area contributed by atoms with Gasteiger partial charge in [0.15, 0.2) is 11.5 Å². The number of ether oxygens (including phenoxy) is 2. The van der Waals surface area contributed by atoms with Gasteiger partial charge in [-0.05, 0) is 42.7 Å². The molecule has 1 saturated carbocycles. The highest BCUT2D eigenvalue weighted by atomic mass is 19.1. The Kier molecular flexibility index (Phi) is 8.48. The molecular formula is C27H30F3N5O3. The lowest BCUT2D eigenvalue weighted by molar-refractivity contribution is 0.102. The van der Waals surface area contributed by atoms with Crippen LogP contribution in [0.4, 0.5) is 24.5 Å². The van der Waals surface area contributed by atoms with Gasteiger partial charge in [0.1, 0.15) is 29.7 Å². The second-order valence-electron chi connectivity index (χ2n) is 9.55. The van der Waals surface area contributed by atoms with E-state index < -0.39 is 34.6 Å². The summed E-state index contributed by atoms with van der Waals surface area (Å²) in [6.45, 7) is 2.41. The number of halogens is 3. The van der Waals surface area contributed by atoms with Crippen LogP contribution in [-0.4, -0.2) is 42.2 Å². The van der Waals surface area contributed by atoms with E-state index in [-0.39, 0.29) is 42.3 Å². The number of nitrogens with zero attached hydrogens (tertiary/aromatic N) is 2. The maximum Gasteiger partial charge on any atom is 0.276 e. The first kappa shape index (κ1) is 27.3. The maximum absolute atomic E-state index is 14.9. The second-order valence-corrected chi connectivity index (χ2v) is 9.55. The molecule has 8 nitrogen and oxygen atoms in total. The molecule has 1 amide bonds. The lowest BCUT2D eigenvalue weighted by atomic mass is 9.76. The number of methoxy groups -OCH3 is 1. The van der Waals surface area contributed by atoms with Crippen molar-refractivity contribution >= 4 is 17.3 Å². The Morgan fingerprint density at radius 1 is 1.11 bits per heavy atom. The molecule has 202 valence electrons. The molecule has 0 unspecified atom stereocenters. The third-order valence-electron chi connectivity index (χ3n) is 6.55. The molecule has 1 fully saturated rings. The quantitative estimate of drug-likeness (QED) is 0.363. The van der Waals surface area contributed by atoms with Gasteiger partial charge in [-0.15, -0.1) is 0 Å². The molecule has 0 spiro atoms. The van der Waals surface area contributed by atoms with Crippen LogP contribution >= 0.6 is 0 Å². The van der Waals surface area contributed by atoms with Gasteiger partial charge >= 0.3 is 0 Å². The Bertz CT molecular complexity index is 1290. The zero-order valence-corrected chi connectivity index (χ0v) is 21.1. The molecule has 11 heteroatoms. The van der Waals surface area contributed by atoms with Gasteiger partial charge < -0.3 is 26.3 Å². The average Bonchev–Trinajstić information content (AvgIpc) is 2.84. The standard InChI is InChI=1S/C27H30F3N5O3/c1-14-7-15(9-16(31)8-14)18-3-4-33-13-23(18)34-27(36)26-22(32)12-21(30)25(35-26)24-19(28)10-17(11-20(24)29)38-6-5-37-2/h3-4,10-16H,5-9,31-32H2,1-2H3,(H,34,36)/t14-,15+,16+/m0/s1. The SMILES string of the molecule is COCCOc1cc(F)c(-c2nc(C(=O)Nc3cnccc3[C@@H]3C[C@H](C)C[C@@H](N)C3)c(N)cc2F)c(F)c1. The molecule has 0 saturated heterocycles. The van der Waals surface area contributed by atoms with E-state index in [9.17, 15) is 18.0 Å². The number of carbonyl (C=O) groups excluding carboxylic acids is 1. The Morgan fingerprint density at radius 2 is 1.84 bits per heavy atom. The van der Waals surface area contributed by atoms with Crippen LogP contribution in [0.15, 0.2) is 36.7 Å². The van der Waals surface area contributed by atoms with Crippen molar-refractivity contribution in [2.45, 2.75) is 38.1 Å². The number of nitrogens with one attached hydrogen (secondary N) is 1. The summed E-state index contributed by atoms with van der Waals surface area (Å²) in [5.74, 6) is -3.67. The van der Waals surface area contributed by atoms with E-state index in [1.54, 1.807) is 6.20 Å². The Hall–Kier alpha value is -3.70. The van der Waals surface area contributed by atoms with Crippen LogP contribution in [0.1, 0.15) is 48.2 Å². The van der Waals surface area contributed by atoms with Crippen molar-refractivity contribution < 1.29 is 27.4 Å². The molecule has 1 aromatic carbocycles. The third-order valence-corrected chi connectivity index (χ3v) is 6.55. The first-order valence-electron chi connectivity index (χ1n) is 12.3. The monoisotopic (exact) mass is 529 g/mol. The molecule has 3 aromatic rings. The number of benzene rings is 1. The van der Waals surface area contributed by atoms with E-state index in [1.807, 2.05) is 6.07 Å². The molecule has 1 aliphatic rings. The average molecular weight is 530 g/mol. The number of hydrogen-bond donors (Lipinski definition) is 3. The van der Waals surface area contributed by atoms with Crippen LogP contribution in [0.2, 0.25) is 0 Å². The van der Waals surface area contributed by atoms with E-state index in [2.05, 4.69) is 22.2 Å². The minimum Gasteiger partial charge on any atom is -0.491 e. The molecule has 3 atom stereocenters. The molecule has 38 heavy (non-hydrogen) atoms. The normalized spacial score (nSPS) is 19.3. The number of pyridine rings is 2. The van der Waals surface area contributed by atoms with Crippen LogP contribution < -0.4 is 21.5 Å². The predicted octanol–water partition coefficient (Wildman–Crippen LogP) is 4.65. The smallest absolute Gasteiger partial charge is 0.276 e. The highest BCUT2D eigenvalue weighted by Crippen LogP contribution is 2.38. The fraction of sp³-hybridized carbons (Fsp3) is 0.370. The lowest BCUT2D eigenvalue weighted by Crippen LogP contribution is -2.31. The van der Waals surface area contributed by atoms with Gasteiger partial charge in [0.05, 0.1) is 29.7 Å². The van der Waals surface area contributed by atoms with Gasteiger partial charge in [0.25, 0.3) is 5.91 Å². The summed E-state index contributed by atoms with van der Waals surface area (Å²) in [6, 6.07) is 4.48. The van der Waals surface area contributed by atoms with Crippen molar-refractivity contribution in [1.82, 2.24) is 9.97 Å². The van der Waals surface area contributed by atoms with Crippen molar-refractivity contribution in [3.05, 3.63) is 65.4 Å². The summed E-state index contributed by atoms with van der Waals surface area (Å²) < 4.78 is 54.7. The number of anilines is 2. The molecule has 0 bridgehead atoms. The minimum atomic E-state index is -1.11. The Balaban J connectivity index is 1.64. The number of aromatic nitrogens is 2. The number of nitrogen functional groups attached to an aromatic ring is 1. The zero-order valence-electron chi connectivity index (χ0n) is 21.1. The molecule has 2 heterocycles. The summed E-state index contributed by atoms with van der Waals surface area (Å²) in [4.78, 5) is 21.3. The number of rotatable bonds is 8. The van der Waals surface area contributed by atoms with Gasteiger partial charge in [-0.25, -0.2) is 18.2 Å². The van der Waals surface area contributed by atoms with E-state index in [1.165, 1.54) is 13.3 Å². The van der Waals surface area contributed by atoms with E-state index in [0.717, 1.165) is 43.0 Å². The largest absolute Gasteiger partial charge is 0.491 e. The minimum absolute atomic E-state index is 0.0407. The Labute approximate surface area is 218 Å². The summed E-state index contributed by atoms with van der Waals surface area (Å²) in [5.41, 5.74) is 11.3. The van der Waals surface area contributed by atoms with Gasteiger partial charge in [0.2, 0.25) is 0 Å². The highest BCUT2D eigenvalue weighted by Gasteiger charge is 2.28. The first-order valence-corrected chi connectivity index (χ1v) is 12.3. The summed E-state index contributed by atoms with van der Waals surface area (Å²) >= 11 is 0. The third kappa shape index (κ3) is 6.05. The summed E-state index contributed by atoms with van der Waals surface area (Å²) in [7, 11) is 1.46. The number of amides is 1. The van der Waals surface area contributed by atoms with E-state index >= 15 is 0 Å². The highest BCUT2D eigenvalue weighted by molar-refractivity contribution is 6.07. The van der Waals surface area contributed by atoms with Gasteiger partial charge in [-0.3, -0.25) is 9.78 Å². The molecule has 1 aliphatic carbocycles. The van der Waals surface area contributed by atoms with Crippen LogP contribution in [0.25, 0.3) is 11.3 Å². The topological polar surface area (TPSA) is 125 Å². The van der Waals surface area contributed by atoms with E-state index in [0.29, 0.717) is 11.6 Å². The van der Waals surface area contributed by atoms with Crippen molar-refractivity contribution in [1.29, 1.82) is 0 Å². The second kappa shape index (κ2) is 11.8. The maximum atomic E-state index is 14.9. The van der Waals surface area contributed by atoms with Crippen molar-refractivity contribution in [3.63, 3.8) is 0 Å². The van der Waals surface area contributed by atoms with Gasteiger partial charge in [0, 0.05) is 37.5 Å². The first-order chi connectivity index (χ1) is 18.2. The summed E-state index contributed by atoms with van der Waals surface area (Å²) in [5, 5.41) is 2.73. The number of nitrogens with two attached hydrogens (primary N) is 2. The van der Waals surface area contributed by atoms with Crippen LogP contribution in [0.5, 0.6) is 5.75 Å². The summed E-state index contributed by atoms with van der Waals surface area (Å²) in [6.07, 6.45) is 5.70. The lowest BCUT2D eigenvalue weighted by Gasteiger charge is -2.32. The molecular weight excluding hydrogens is 499 g/mol. The zero-order chi connectivity index (χ0) is 27.4. The van der Waals surface area contributed by atoms with Crippen molar-refractivity contribution in [2.75, 3.05) is 31.4 Å². The van der Waals surface area contributed by atoms with Crippen LogP contribution in [0.3, 0.4) is 0 Å². The van der Waals surface area contributed by atoms with Gasteiger partial charge in [-0.1, -0.05) is 6.92 Å². The number of hydrogen-bond acceptors (Lipinski definition) is 7. The molecule has 0 aliphatic heterocycles. The molecule has 0 radical (unpaired) electrons. The van der Waals surface area contributed by atoms with Gasteiger partial charge in [-0.2, -0.15) is 0 Å². The molecule has 5 N–H and O–H groups in total. The molecule has 4 rings (SSSR count). The fourth-order valence-electron chi connectivity index (χ4n) is 4.92. The van der Waals surface area contributed by atoms with Crippen molar-refractivity contribution in [3.8, 4) is 17.0 Å². The van der Waals surface area contributed by atoms with Crippen molar-refractivity contribution in [2.24, 2.45) is 11.7 Å². The fourth-order valence-corrected chi connectivity index (χ4v) is 4.92. The van der Waals surface area contributed by atoms with E-state index in [4.69, 9.17) is 20.9 Å². The Morgan fingerprint density at radius 3 is 2.53 bits per heavy atom. The van der Waals surface area contributed by atoms with Crippen LogP contribution in [-0.2, 0) is 4.74 Å². The number of carbonyl (C=O) groups is 1. The van der Waals surface area contributed by atoms with Crippen LogP contribution in [0, 0.1) is 23.4 Å².